The third-order valence-corrected chi connectivity index (χ3v) is 4.26. The molecule has 1 aromatic heterocycles. The number of halogens is 1. The number of fused-ring (bicyclic) bond motifs is 2. The third-order valence-electron chi connectivity index (χ3n) is 3.62. The van der Waals surface area contributed by atoms with E-state index in [0.29, 0.717) is 6.42 Å². The van der Waals surface area contributed by atoms with Crippen LogP contribution in [0.3, 0.4) is 0 Å². The minimum atomic E-state index is 0.484. The van der Waals surface area contributed by atoms with Crippen LogP contribution < -0.4 is 0 Å². The number of rotatable bonds is 1. The van der Waals surface area contributed by atoms with Crippen molar-refractivity contribution in [3.63, 3.8) is 0 Å². The SMILES string of the molecule is N#CCc1c2c(nc3c(Br)cccc13)CCCC2. The van der Waals surface area contributed by atoms with Gasteiger partial charge >= 0.3 is 0 Å². The van der Waals surface area contributed by atoms with Crippen molar-refractivity contribution in [3.05, 3.63) is 39.5 Å². The number of hydrogen-bond acceptors (Lipinski definition) is 2. The van der Waals surface area contributed by atoms with Crippen molar-refractivity contribution in [1.29, 1.82) is 5.26 Å². The van der Waals surface area contributed by atoms with Gasteiger partial charge in [0.25, 0.3) is 0 Å². The highest BCUT2D eigenvalue weighted by molar-refractivity contribution is 9.10. The number of hydrogen-bond donors (Lipinski definition) is 0. The molecule has 0 fully saturated rings. The molecule has 0 aliphatic heterocycles. The van der Waals surface area contributed by atoms with E-state index in [-0.39, 0.29) is 0 Å². The average Bonchev–Trinajstić information content (AvgIpc) is 2.40. The molecule has 1 heterocycles. The van der Waals surface area contributed by atoms with Crippen LogP contribution in [0.4, 0.5) is 0 Å². The van der Waals surface area contributed by atoms with Crippen molar-refractivity contribution in [3.8, 4) is 6.07 Å². The maximum atomic E-state index is 9.07. The minimum Gasteiger partial charge on any atom is -0.251 e. The molecule has 90 valence electrons. The summed E-state index contributed by atoms with van der Waals surface area (Å²) >= 11 is 3.56. The third kappa shape index (κ3) is 1.81. The maximum absolute atomic E-state index is 9.07. The standard InChI is InChI=1S/C15H13BrN2/c16-13-6-3-5-12-10(8-9-17)11-4-1-2-7-14(11)18-15(12)13/h3,5-6H,1-2,4,7-8H2. The van der Waals surface area contributed by atoms with Gasteiger partial charge in [-0.05, 0) is 58.8 Å². The lowest BCUT2D eigenvalue weighted by atomic mass is 9.89. The first kappa shape index (κ1) is 11.7. The van der Waals surface area contributed by atoms with Crippen molar-refractivity contribution in [2.45, 2.75) is 32.1 Å². The van der Waals surface area contributed by atoms with E-state index < -0.39 is 0 Å². The molecule has 3 heteroatoms. The van der Waals surface area contributed by atoms with Crippen LogP contribution in [0.5, 0.6) is 0 Å². The quantitative estimate of drug-likeness (QED) is 0.800. The lowest BCUT2D eigenvalue weighted by molar-refractivity contribution is 0.666. The summed E-state index contributed by atoms with van der Waals surface area (Å²) in [7, 11) is 0. The zero-order valence-electron chi connectivity index (χ0n) is 10.0. The molecule has 0 N–H and O–H groups in total. The van der Waals surface area contributed by atoms with Crippen molar-refractivity contribution in [2.24, 2.45) is 0 Å². The molecule has 0 spiro atoms. The summed E-state index contributed by atoms with van der Waals surface area (Å²) in [5.41, 5.74) is 4.72. The summed E-state index contributed by atoms with van der Waals surface area (Å²) in [5.74, 6) is 0. The Morgan fingerprint density at radius 2 is 2.11 bits per heavy atom. The molecule has 0 radical (unpaired) electrons. The van der Waals surface area contributed by atoms with E-state index in [2.05, 4.69) is 28.1 Å². The number of benzene rings is 1. The van der Waals surface area contributed by atoms with Crippen LogP contribution in [0.1, 0.15) is 29.7 Å². The monoisotopic (exact) mass is 300 g/mol. The fourth-order valence-corrected chi connectivity index (χ4v) is 3.24. The molecule has 18 heavy (non-hydrogen) atoms. The van der Waals surface area contributed by atoms with Crippen LogP contribution in [0.15, 0.2) is 22.7 Å². The lowest BCUT2D eigenvalue weighted by Gasteiger charge is -2.20. The van der Waals surface area contributed by atoms with Crippen LogP contribution in [-0.4, -0.2) is 4.98 Å². The summed E-state index contributed by atoms with van der Waals surface area (Å²) in [6.45, 7) is 0. The number of aromatic nitrogens is 1. The highest BCUT2D eigenvalue weighted by Crippen LogP contribution is 2.32. The summed E-state index contributed by atoms with van der Waals surface area (Å²) < 4.78 is 1.02. The number of nitrogens with zero attached hydrogens (tertiary/aromatic N) is 2. The first-order valence-electron chi connectivity index (χ1n) is 6.27. The summed E-state index contributed by atoms with van der Waals surface area (Å²) in [6, 6.07) is 8.41. The minimum absolute atomic E-state index is 0.484. The van der Waals surface area contributed by atoms with Crippen LogP contribution in [0.2, 0.25) is 0 Å². The Labute approximate surface area is 115 Å². The molecule has 1 aliphatic carbocycles. The van der Waals surface area contributed by atoms with E-state index in [1.807, 2.05) is 12.1 Å². The predicted octanol–water partition coefficient (Wildman–Crippen LogP) is 3.94. The summed E-state index contributed by atoms with van der Waals surface area (Å²) in [5, 5.41) is 10.2. The molecular weight excluding hydrogens is 288 g/mol. The molecule has 2 nitrogen and oxygen atoms in total. The van der Waals surface area contributed by atoms with E-state index in [9.17, 15) is 0 Å². The van der Waals surface area contributed by atoms with E-state index in [1.165, 1.54) is 29.7 Å². The van der Waals surface area contributed by atoms with Crippen LogP contribution in [-0.2, 0) is 19.3 Å². The van der Waals surface area contributed by atoms with Gasteiger partial charge in [-0.15, -0.1) is 0 Å². The first-order chi connectivity index (χ1) is 8.81. The summed E-state index contributed by atoms with van der Waals surface area (Å²) in [6.07, 6.45) is 5.03. The van der Waals surface area contributed by atoms with E-state index in [4.69, 9.17) is 10.2 Å². The van der Waals surface area contributed by atoms with Crippen molar-refractivity contribution in [1.82, 2.24) is 4.98 Å². The molecule has 3 rings (SSSR count). The number of nitriles is 1. The molecular formula is C15H13BrN2. The lowest BCUT2D eigenvalue weighted by Crippen LogP contribution is -2.09. The van der Waals surface area contributed by atoms with Gasteiger partial charge in [-0.2, -0.15) is 5.26 Å². The highest BCUT2D eigenvalue weighted by Gasteiger charge is 2.18. The van der Waals surface area contributed by atoms with Gasteiger partial charge in [0.1, 0.15) is 0 Å². The zero-order chi connectivity index (χ0) is 12.5. The summed E-state index contributed by atoms with van der Waals surface area (Å²) in [4.78, 5) is 4.80. The normalized spacial score (nSPS) is 14.2. The molecule has 0 bridgehead atoms. The Hall–Kier alpha value is -1.40. The molecule has 1 aliphatic rings. The largest absolute Gasteiger partial charge is 0.251 e. The van der Waals surface area contributed by atoms with E-state index in [0.717, 1.165) is 28.2 Å². The Balaban J connectivity index is 2.37. The Bertz CT molecular complexity index is 656. The second-order valence-electron chi connectivity index (χ2n) is 4.69. The van der Waals surface area contributed by atoms with Gasteiger partial charge < -0.3 is 0 Å². The maximum Gasteiger partial charge on any atom is 0.0850 e. The molecule has 2 aromatic rings. The molecule has 0 saturated heterocycles. The van der Waals surface area contributed by atoms with Crippen LogP contribution in [0.25, 0.3) is 10.9 Å². The molecule has 0 atom stereocenters. The topological polar surface area (TPSA) is 36.7 Å². The van der Waals surface area contributed by atoms with Gasteiger partial charge in [-0.25, -0.2) is 0 Å². The zero-order valence-corrected chi connectivity index (χ0v) is 11.6. The fraction of sp³-hybridized carbons (Fsp3) is 0.333. The number of aryl methyl sites for hydroxylation is 1. The second-order valence-corrected chi connectivity index (χ2v) is 5.55. The van der Waals surface area contributed by atoms with Gasteiger partial charge in [0, 0.05) is 15.6 Å². The molecule has 1 aromatic carbocycles. The molecule has 0 amide bonds. The van der Waals surface area contributed by atoms with Gasteiger partial charge in [-0.1, -0.05) is 12.1 Å². The van der Waals surface area contributed by atoms with Gasteiger partial charge in [-0.3, -0.25) is 4.98 Å². The van der Waals surface area contributed by atoms with Gasteiger partial charge in [0.05, 0.1) is 18.0 Å². The van der Waals surface area contributed by atoms with Crippen LogP contribution >= 0.6 is 15.9 Å². The van der Waals surface area contributed by atoms with Crippen LogP contribution in [0, 0.1) is 11.3 Å². The van der Waals surface area contributed by atoms with Gasteiger partial charge in [0.2, 0.25) is 0 Å². The van der Waals surface area contributed by atoms with Gasteiger partial charge in [0.15, 0.2) is 0 Å². The number of pyridine rings is 1. The highest BCUT2D eigenvalue weighted by atomic mass is 79.9. The smallest absolute Gasteiger partial charge is 0.0850 e. The number of para-hydroxylation sites is 1. The Kier molecular flexibility index (Phi) is 3.05. The van der Waals surface area contributed by atoms with Crippen molar-refractivity contribution in [2.75, 3.05) is 0 Å². The van der Waals surface area contributed by atoms with E-state index >= 15 is 0 Å². The predicted molar refractivity (Wildman–Crippen MR) is 75.4 cm³/mol. The second kappa shape index (κ2) is 4.70. The van der Waals surface area contributed by atoms with Crippen molar-refractivity contribution >= 4 is 26.8 Å². The first-order valence-corrected chi connectivity index (χ1v) is 7.06. The Morgan fingerprint density at radius 1 is 1.28 bits per heavy atom. The Morgan fingerprint density at radius 3 is 2.94 bits per heavy atom. The fourth-order valence-electron chi connectivity index (χ4n) is 2.79. The van der Waals surface area contributed by atoms with Crippen molar-refractivity contribution < 1.29 is 0 Å². The molecule has 0 saturated carbocycles. The average molecular weight is 301 g/mol. The van der Waals surface area contributed by atoms with E-state index in [1.54, 1.807) is 0 Å². The molecule has 0 unspecified atom stereocenters.